The Morgan fingerprint density at radius 3 is 2.67 bits per heavy atom. The average Bonchev–Trinajstić information content (AvgIpc) is 2.73. The van der Waals surface area contributed by atoms with Gasteiger partial charge in [0.05, 0.1) is 25.5 Å². The maximum absolute atomic E-state index is 5.48. The highest BCUT2D eigenvalue weighted by atomic mass is 32.1. The van der Waals surface area contributed by atoms with Crippen molar-refractivity contribution in [3.63, 3.8) is 0 Å². The first kappa shape index (κ1) is 15.6. The summed E-state index contributed by atoms with van der Waals surface area (Å²) in [6.45, 7) is 11.8. The van der Waals surface area contributed by atoms with E-state index >= 15 is 0 Å². The van der Waals surface area contributed by atoms with Crippen LogP contribution >= 0.6 is 11.3 Å². The molecular weight excluding hydrogens is 248 g/mol. The van der Waals surface area contributed by atoms with Gasteiger partial charge in [-0.25, -0.2) is 4.98 Å². The molecule has 0 radical (unpaired) electrons. The minimum Gasteiger partial charge on any atom is -0.379 e. The van der Waals surface area contributed by atoms with Crippen LogP contribution in [0, 0.1) is 0 Å². The highest BCUT2D eigenvalue weighted by molar-refractivity contribution is 7.09. The lowest BCUT2D eigenvalue weighted by atomic mass is 10.1. The molecule has 1 rings (SSSR count). The largest absolute Gasteiger partial charge is 0.379 e. The maximum Gasteiger partial charge on any atom is 0.107 e. The highest BCUT2D eigenvalue weighted by Crippen LogP contribution is 2.12. The monoisotopic (exact) mass is 272 g/mol. The van der Waals surface area contributed by atoms with Crippen LogP contribution in [-0.2, 0) is 22.6 Å². The van der Waals surface area contributed by atoms with Gasteiger partial charge in [-0.2, -0.15) is 0 Å². The number of rotatable bonds is 8. The van der Waals surface area contributed by atoms with Crippen molar-refractivity contribution in [1.82, 2.24) is 10.3 Å². The van der Waals surface area contributed by atoms with Gasteiger partial charge in [0.15, 0.2) is 0 Å². The summed E-state index contributed by atoms with van der Waals surface area (Å²) in [5.41, 5.74) is 1.13. The van der Waals surface area contributed by atoms with Crippen LogP contribution in [0.2, 0.25) is 0 Å². The molecule has 0 amide bonds. The van der Waals surface area contributed by atoms with Crippen molar-refractivity contribution < 1.29 is 9.47 Å². The molecule has 0 saturated carbocycles. The van der Waals surface area contributed by atoms with Crippen molar-refractivity contribution in [3.8, 4) is 0 Å². The Hall–Kier alpha value is -0.490. The van der Waals surface area contributed by atoms with Gasteiger partial charge in [0.25, 0.3) is 0 Å². The van der Waals surface area contributed by atoms with Gasteiger partial charge < -0.3 is 14.8 Å². The summed E-state index contributed by atoms with van der Waals surface area (Å²) in [7, 11) is 0. The lowest BCUT2D eigenvalue weighted by Gasteiger charge is -2.19. The Morgan fingerprint density at radius 1 is 1.28 bits per heavy atom. The zero-order valence-corrected chi connectivity index (χ0v) is 12.6. The van der Waals surface area contributed by atoms with Crippen molar-refractivity contribution in [1.29, 1.82) is 0 Å². The summed E-state index contributed by atoms with van der Waals surface area (Å²) < 4.78 is 10.7. The lowest BCUT2D eigenvalue weighted by molar-refractivity contribution is 0.0442. The highest BCUT2D eigenvalue weighted by Gasteiger charge is 2.10. The van der Waals surface area contributed by atoms with Crippen molar-refractivity contribution in [2.45, 2.75) is 46.4 Å². The normalized spacial score (nSPS) is 12.0. The van der Waals surface area contributed by atoms with Crippen LogP contribution in [0.25, 0.3) is 0 Å². The van der Waals surface area contributed by atoms with Crippen molar-refractivity contribution in [2.24, 2.45) is 0 Å². The number of thiazole rings is 1. The second-order valence-electron chi connectivity index (χ2n) is 5.09. The SMILES string of the molecule is CCOCCOCc1csc(CNC(C)(C)C)n1. The molecule has 0 unspecified atom stereocenters. The fraction of sp³-hybridized carbons (Fsp3) is 0.769. The molecule has 0 aliphatic heterocycles. The Morgan fingerprint density at radius 2 is 2.00 bits per heavy atom. The predicted molar refractivity (Wildman–Crippen MR) is 74.9 cm³/mol. The number of aromatic nitrogens is 1. The molecule has 0 bridgehead atoms. The Balaban J connectivity index is 2.22. The van der Waals surface area contributed by atoms with E-state index in [1.54, 1.807) is 11.3 Å². The van der Waals surface area contributed by atoms with E-state index in [1.807, 2.05) is 6.92 Å². The molecule has 1 N–H and O–H groups in total. The van der Waals surface area contributed by atoms with E-state index in [0.29, 0.717) is 19.8 Å². The molecule has 1 aromatic heterocycles. The fourth-order valence-corrected chi connectivity index (χ4v) is 1.99. The first-order valence-electron chi connectivity index (χ1n) is 6.35. The Kier molecular flexibility index (Phi) is 6.78. The summed E-state index contributed by atoms with van der Waals surface area (Å²) in [6.07, 6.45) is 0. The Bertz CT molecular complexity index is 334. The van der Waals surface area contributed by atoms with E-state index in [2.05, 4.69) is 36.5 Å². The molecule has 0 fully saturated rings. The minimum atomic E-state index is 0.125. The third-order valence-electron chi connectivity index (χ3n) is 2.20. The van der Waals surface area contributed by atoms with Gasteiger partial charge in [-0.3, -0.25) is 0 Å². The molecule has 1 aromatic rings. The number of nitrogens with zero attached hydrogens (tertiary/aromatic N) is 1. The average molecular weight is 272 g/mol. The number of hydrogen-bond donors (Lipinski definition) is 1. The van der Waals surface area contributed by atoms with E-state index in [9.17, 15) is 0 Å². The molecule has 5 heteroatoms. The number of nitrogens with one attached hydrogen (secondary N) is 1. The smallest absolute Gasteiger partial charge is 0.107 e. The summed E-state index contributed by atoms with van der Waals surface area (Å²) in [4.78, 5) is 4.52. The predicted octanol–water partition coefficient (Wildman–Crippen LogP) is 2.58. The van der Waals surface area contributed by atoms with Gasteiger partial charge in [-0.1, -0.05) is 0 Å². The molecule has 18 heavy (non-hydrogen) atoms. The van der Waals surface area contributed by atoms with E-state index < -0.39 is 0 Å². The topological polar surface area (TPSA) is 43.4 Å². The van der Waals surface area contributed by atoms with Crippen molar-refractivity contribution in [3.05, 3.63) is 16.1 Å². The summed E-state index contributed by atoms with van der Waals surface area (Å²) in [5.74, 6) is 0. The molecule has 1 heterocycles. The molecule has 104 valence electrons. The molecule has 0 aliphatic rings. The van der Waals surface area contributed by atoms with Gasteiger partial charge in [0, 0.05) is 24.1 Å². The Labute approximate surface area is 114 Å². The minimum absolute atomic E-state index is 0.125. The zero-order valence-electron chi connectivity index (χ0n) is 11.8. The zero-order chi connectivity index (χ0) is 13.4. The standard InChI is InChI=1S/C13H24N2O2S/c1-5-16-6-7-17-9-11-10-18-12(15-11)8-14-13(2,3)4/h10,14H,5-9H2,1-4H3. The van der Waals surface area contributed by atoms with Crippen LogP contribution in [-0.4, -0.2) is 30.3 Å². The van der Waals surface area contributed by atoms with Gasteiger partial charge in [0.2, 0.25) is 0 Å². The molecule has 0 atom stereocenters. The second kappa shape index (κ2) is 7.84. The van der Waals surface area contributed by atoms with Gasteiger partial charge in [-0.05, 0) is 27.7 Å². The van der Waals surface area contributed by atoms with Crippen LogP contribution in [0.5, 0.6) is 0 Å². The quantitative estimate of drug-likeness (QED) is 0.739. The van der Waals surface area contributed by atoms with Crippen LogP contribution in [0.4, 0.5) is 0 Å². The molecule has 4 nitrogen and oxygen atoms in total. The van der Waals surface area contributed by atoms with Gasteiger partial charge in [-0.15, -0.1) is 11.3 Å². The summed E-state index contributed by atoms with van der Waals surface area (Å²) in [6, 6.07) is 0. The third kappa shape index (κ3) is 7.06. The van der Waals surface area contributed by atoms with Gasteiger partial charge in [0.1, 0.15) is 5.01 Å². The lowest BCUT2D eigenvalue weighted by Crippen LogP contribution is -2.35. The molecular formula is C13H24N2O2S. The maximum atomic E-state index is 5.48. The number of hydrogen-bond acceptors (Lipinski definition) is 5. The van der Waals surface area contributed by atoms with Crippen molar-refractivity contribution in [2.75, 3.05) is 19.8 Å². The molecule has 0 aliphatic carbocycles. The fourth-order valence-electron chi connectivity index (χ4n) is 1.28. The summed E-state index contributed by atoms with van der Waals surface area (Å²) >= 11 is 1.67. The van der Waals surface area contributed by atoms with E-state index in [1.165, 1.54) is 0 Å². The number of ether oxygens (including phenoxy) is 2. The van der Waals surface area contributed by atoms with Gasteiger partial charge >= 0.3 is 0 Å². The first-order chi connectivity index (χ1) is 8.51. The second-order valence-corrected chi connectivity index (χ2v) is 6.03. The first-order valence-corrected chi connectivity index (χ1v) is 7.23. The van der Waals surface area contributed by atoms with Crippen LogP contribution in [0.3, 0.4) is 0 Å². The summed E-state index contributed by atoms with van der Waals surface area (Å²) in [5, 5.41) is 6.58. The molecule has 0 spiro atoms. The van der Waals surface area contributed by atoms with E-state index in [4.69, 9.17) is 9.47 Å². The third-order valence-corrected chi connectivity index (χ3v) is 3.09. The van der Waals surface area contributed by atoms with E-state index in [0.717, 1.165) is 23.9 Å². The van der Waals surface area contributed by atoms with Crippen LogP contribution in [0.1, 0.15) is 38.4 Å². The molecule has 0 saturated heterocycles. The van der Waals surface area contributed by atoms with E-state index in [-0.39, 0.29) is 5.54 Å². The van der Waals surface area contributed by atoms with Crippen molar-refractivity contribution >= 4 is 11.3 Å². The van der Waals surface area contributed by atoms with Crippen LogP contribution < -0.4 is 5.32 Å². The van der Waals surface area contributed by atoms with Crippen LogP contribution in [0.15, 0.2) is 5.38 Å². The molecule has 0 aromatic carbocycles.